The second kappa shape index (κ2) is 13.6. The van der Waals surface area contributed by atoms with Crippen LogP contribution in [0.3, 0.4) is 0 Å². The fourth-order valence-corrected chi connectivity index (χ4v) is 6.66. The molecule has 0 amide bonds. The van der Waals surface area contributed by atoms with Gasteiger partial charge in [-0.3, -0.25) is 0 Å². The van der Waals surface area contributed by atoms with E-state index in [1.165, 1.54) is 39.2 Å². The Morgan fingerprint density at radius 1 is 1.02 bits per heavy atom. The number of hydrogen-bond acceptors (Lipinski definition) is 7. The number of benzene rings is 3. The van der Waals surface area contributed by atoms with E-state index in [9.17, 15) is 4.79 Å². The summed E-state index contributed by atoms with van der Waals surface area (Å²) in [4.78, 5) is 12.8. The topological polar surface area (TPSA) is 109 Å². The summed E-state index contributed by atoms with van der Waals surface area (Å²) in [6.07, 6.45) is 10.8. The SMILES string of the molecule is COC(=O)c1cnn(-c2cccc(-c3cccc(OC(C)C4CCCCC4)c3)c2)c1[C@@H]1CC1/C(N)=C/N(N)Cc1ccccc1. The Bertz CT molecular complexity index is 1640. The molecule has 0 radical (unpaired) electrons. The maximum atomic E-state index is 12.8. The van der Waals surface area contributed by atoms with E-state index in [0.29, 0.717) is 23.7 Å². The van der Waals surface area contributed by atoms with Crippen molar-refractivity contribution in [3.63, 3.8) is 0 Å². The van der Waals surface area contributed by atoms with Crippen LogP contribution in [0.15, 0.2) is 97.0 Å². The van der Waals surface area contributed by atoms with Crippen LogP contribution in [0.25, 0.3) is 16.8 Å². The van der Waals surface area contributed by atoms with Crippen molar-refractivity contribution in [3.8, 4) is 22.6 Å². The highest BCUT2D eigenvalue weighted by atomic mass is 16.5. The Kier molecular flexibility index (Phi) is 9.21. The van der Waals surface area contributed by atoms with Crippen molar-refractivity contribution >= 4 is 5.97 Å². The fourth-order valence-electron chi connectivity index (χ4n) is 6.66. The zero-order valence-corrected chi connectivity index (χ0v) is 26.1. The van der Waals surface area contributed by atoms with E-state index in [-0.39, 0.29) is 17.9 Å². The zero-order valence-electron chi connectivity index (χ0n) is 26.1. The van der Waals surface area contributed by atoms with Crippen LogP contribution in [-0.2, 0) is 11.3 Å². The lowest BCUT2D eigenvalue weighted by atomic mass is 9.86. The van der Waals surface area contributed by atoms with E-state index >= 15 is 0 Å². The van der Waals surface area contributed by atoms with Crippen LogP contribution in [0.2, 0.25) is 0 Å². The third-order valence-corrected chi connectivity index (χ3v) is 9.20. The average Bonchev–Trinajstić information content (AvgIpc) is 3.75. The highest BCUT2D eigenvalue weighted by Gasteiger charge is 2.45. The number of carbonyl (C=O) groups excluding carboxylic acids is 1. The molecule has 3 aromatic carbocycles. The average molecular weight is 606 g/mol. The van der Waals surface area contributed by atoms with Gasteiger partial charge in [-0.25, -0.2) is 15.3 Å². The molecule has 0 spiro atoms. The van der Waals surface area contributed by atoms with Gasteiger partial charge in [-0.15, -0.1) is 0 Å². The number of hydrazine groups is 1. The van der Waals surface area contributed by atoms with Crippen LogP contribution in [0.5, 0.6) is 5.75 Å². The summed E-state index contributed by atoms with van der Waals surface area (Å²) < 4.78 is 13.4. The van der Waals surface area contributed by atoms with E-state index in [1.807, 2.05) is 59.3 Å². The van der Waals surface area contributed by atoms with E-state index in [4.69, 9.17) is 21.1 Å². The molecule has 6 rings (SSSR count). The summed E-state index contributed by atoms with van der Waals surface area (Å²) in [5.41, 5.74) is 12.5. The van der Waals surface area contributed by atoms with Crippen LogP contribution in [0.1, 0.15) is 73.0 Å². The molecule has 1 aromatic heterocycles. The number of carbonyl (C=O) groups is 1. The molecular weight excluding hydrogens is 562 g/mol. The lowest BCUT2D eigenvalue weighted by molar-refractivity contribution is 0.0599. The van der Waals surface area contributed by atoms with Gasteiger partial charge in [-0.2, -0.15) is 5.10 Å². The number of ether oxygens (including phenoxy) is 2. The van der Waals surface area contributed by atoms with Crippen molar-refractivity contribution in [2.24, 2.45) is 23.4 Å². The van der Waals surface area contributed by atoms with Crippen molar-refractivity contribution in [2.45, 2.75) is 64.0 Å². The monoisotopic (exact) mass is 605 g/mol. The van der Waals surface area contributed by atoms with E-state index in [2.05, 4.69) is 36.3 Å². The summed E-state index contributed by atoms with van der Waals surface area (Å²) >= 11 is 0. The van der Waals surface area contributed by atoms with Gasteiger partial charge in [-0.1, -0.05) is 73.9 Å². The molecule has 45 heavy (non-hydrogen) atoms. The molecule has 3 atom stereocenters. The summed E-state index contributed by atoms with van der Waals surface area (Å²) in [5, 5.41) is 6.27. The summed E-state index contributed by atoms with van der Waals surface area (Å²) in [6.45, 7) is 2.74. The molecule has 4 aromatic rings. The van der Waals surface area contributed by atoms with Gasteiger partial charge in [0.25, 0.3) is 0 Å². The maximum absolute atomic E-state index is 12.8. The van der Waals surface area contributed by atoms with Crippen LogP contribution < -0.4 is 16.3 Å². The lowest BCUT2D eigenvalue weighted by Crippen LogP contribution is -2.26. The minimum atomic E-state index is -0.415. The third-order valence-electron chi connectivity index (χ3n) is 9.20. The molecule has 2 unspecified atom stereocenters. The molecule has 4 N–H and O–H groups in total. The van der Waals surface area contributed by atoms with Crippen LogP contribution in [-0.4, -0.2) is 34.0 Å². The summed E-state index contributed by atoms with van der Waals surface area (Å²) in [5.74, 6) is 7.40. The molecule has 234 valence electrons. The van der Waals surface area contributed by atoms with Gasteiger partial charge in [0.05, 0.1) is 37.3 Å². The molecule has 2 aliphatic carbocycles. The van der Waals surface area contributed by atoms with Crippen LogP contribution in [0, 0.1) is 11.8 Å². The number of nitrogens with two attached hydrogens (primary N) is 2. The van der Waals surface area contributed by atoms with Crippen LogP contribution in [0.4, 0.5) is 0 Å². The van der Waals surface area contributed by atoms with Crippen molar-refractivity contribution < 1.29 is 14.3 Å². The normalized spacial score (nSPS) is 19.1. The number of aromatic nitrogens is 2. The minimum absolute atomic E-state index is 0.00429. The van der Waals surface area contributed by atoms with E-state index in [1.54, 1.807) is 17.4 Å². The van der Waals surface area contributed by atoms with Gasteiger partial charge in [0.1, 0.15) is 11.3 Å². The maximum Gasteiger partial charge on any atom is 0.341 e. The molecular formula is C37H43N5O3. The first-order valence-corrected chi connectivity index (χ1v) is 16.0. The summed E-state index contributed by atoms with van der Waals surface area (Å²) in [7, 11) is 1.39. The molecule has 8 heteroatoms. The molecule has 8 nitrogen and oxygen atoms in total. The zero-order chi connectivity index (χ0) is 31.3. The molecule has 2 saturated carbocycles. The van der Waals surface area contributed by atoms with Gasteiger partial charge in [0.15, 0.2) is 0 Å². The second-order valence-electron chi connectivity index (χ2n) is 12.4. The predicted octanol–water partition coefficient (Wildman–Crippen LogP) is 6.95. The van der Waals surface area contributed by atoms with Gasteiger partial charge in [-0.05, 0) is 73.1 Å². The first kappa shape index (κ1) is 30.5. The van der Waals surface area contributed by atoms with E-state index in [0.717, 1.165) is 40.2 Å². The first-order chi connectivity index (χ1) is 21.9. The number of rotatable bonds is 11. The second-order valence-corrected chi connectivity index (χ2v) is 12.4. The van der Waals surface area contributed by atoms with Gasteiger partial charge < -0.3 is 20.2 Å². The number of hydrogen-bond donors (Lipinski definition) is 2. The Morgan fingerprint density at radius 2 is 1.76 bits per heavy atom. The Labute approximate surface area is 265 Å². The predicted molar refractivity (Wildman–Crippen MR) is 176 cm³/mol. The molecule has 0 aliphatic heterocycles. The van der Waals surface area contributed by atoms with Gasteiger partial charge in [0, 0.05) is 23.7 Å². The number of nitrogens with zero attached hydrogens (tertiary/aromatic N) is 3. The van der Waals surface area contributed by atoms with Crippen LogP contribution >= 0.6 is 0 Å². The molecule has 1 heterocycles. The van der Waals surface area contributed by atoms with Crippen molar-refractivity contribution in [1.29, 1.82) is 0 Å². The number of allylic oxidation sites excluding steroid dienone is 1. The number of methoxy groups -OCH3 is 1. The fraction of sp³-hybridized carbons (Fsp3) is 0.351. The molecule has 2 aliphatic rings. The first-order valence-electron chi connectivity index (χ1n) is 16.0. The molecule has 2 fully saturated rings. The number of esters is 1. The minimum Gasteiger partial charge on any atom is -0.490 e. The Morgan fingerprint density at radius 3 is 2.51 bits per heavy atom. The van der Waals surface area contributed by atoms with Gasteiger partial charge >= 0.3 is 5.97 Å². The largest absolute Gasteiger partial charge is 0.490 e. The van der Waals surface area contributed by atoms with Crippen molar-refractivity contribution in [2.75, 3.05) is 7.11 Å². The molecule has 0 bridgehead atoms. The highest BCUT2D eigenvalue weighted by molar-refractivity contribution is 5.91. The lowest BCUT2D eigenvalue weighted by Gasteiger charge is -2.28. The highest BCUT2D eigenvalue weighted by Crippen LogP contribution is 2.52. The molecule has 0 saturated heterocycles. The van der Waals surface area contributed by atoms with Crippen molar-refractivity contribution in [3.05, 3.63) is 114 Å². The Balaban J connectivity index is 1.23. The standard InChI is InChI=1S/C37H43N5O3/c1-25(27-13-7-4-8-14-27)45-31-18-10-16-29(20-31)28-15-9-17-30(19-28)42-36(34(22-40-42)37(43)44-2)33-21-32(33)35(38)24-41(39)23-26-11-5-3-6-12-26/h3,5-6,9-12,15-20,22,24-25,27,32-33H,4,7-8,13-14,21,23,38-39H2,1-2H3/b35-24-/t25?,32?,33-/m1/s1. The summed E-state index contributed by atoms with van der Waals surface area (Å²) in [6, 6.07) is 26.5. The third kappa shape index (κ3) is 7.07. The quantitative estimate of drug-likeness (QED) is 0.108. The van der Waals surface area contributed by atoms with E-state index < -0.39 is 5.97 Å². The Hall–Kier alpha value is -4.56. The van der Waals surface area contributed by atoms with Crippen molar-refractivity contribution in [1.82, 2.24) is 14.8 Å². The smallest absolute Gasteiger partial charge is 0.341 e. The van der Waals surface area contributed by atoms with Gasteiger partial charge in [0.2, 0.25) is 0 Å².